The molecule has 2 heterocycles. The molecule has 4 aromatic rings. The number of amides is 1. The average Bonchev–Trinajstić information content (AvgIpc) is 3.56. The molecule has 0 saturated heterocycles. The van der Waals surface area contributed by atoms with Crippen LogP contribution in [-0.4, -0.2) is 42.9 Å². The first-order valence-electron chi connectivity index (χ1n) is 11.6. The van der Waals surface area contributed by atoms with Gasteiger partial charge in [-0.25, -0.2) is 4.39 Å². The molecule has 1 aliphatic carbocycles. The number of rotatable bonds is 6. The predicted molar refractivity (Wildman–Crippen MR) is 131 cm³/mol. The highest BCUT2D eigenvalue weighted by molar-refractivity contribution is 6.13. The van der Waals surface area contributed by atoms with Gasteiger partial charge < -0.3 is 25.2 Å². The van der Waals surface area contributed by atoms with Crippen molar-refractivity contribution >= 4 is 27.6 Å². The largest absolute Gasteiger partial charge is 0.505 e. The number of hydrogen-bond donors (Lipinski definition) is 4. The van der Waals surface area contributed by atoms with Crippen LogP contribution in [0.1, 0.15) is 43.4 Å². The average molecular weight is 478 g/mol. The number of carbonyl (C=O) groups excluding carboxylic acids is 1. The fourth-order valence-electron chi connectivity index (χ4n) is 4.82. The molecule has 7 nitrogen and oxygen atoms in total. The molecule has 35 heavy (non-hydrogen) atoms. The van der Waals surface area contributed by atoms with E-state index in [1.54, 1.807) is 45.4 Å². The van der Waals surface area contributed by atoms with Crippen LogP contribution in [0.4, 0.5) is 4.39 Å². The van der Waals surface area contributed by atoms with Gasteiger partial charge in [0, 0.05) is 30.2 Å². The Hall–Kier alpha value is -3.65. The number of pyridine rings is 1. The molecule has 0 spiro atoms. The Morgan fingerprint density at radius 3 is 2.49 bits per heavy atom. The first-order chi connectivity index (χ1) is 16.6. The van der Waals surface area contributed by atoms with Gasteiger partial charge in [0.1, 0.15) is 11.3 Å². The van der Waals surface area contributed by atoms with Gasteiger partial charge in [0.25, 0.3) is 0 Å². The summed E-state index contributed by atoms with van der Waals surface area (Å²) in [4.78, 5) is 18.1. The van der Waals surface area contributed by atoms with Crippen LogP contribution in [-0.2, 0) is 23.7 Å². The van der Waals surface area contributed by atoms with Crippen molar-refractivity contribution in [1.29, 1.82) is 0 Å². The second-order valence-corrected chi connectivity index (χ2v) is 10.2. The van der Waals surface area contributed by atoms with Crippen LogP contribution in [0.2, 0.25) is 0 Å². The predicted octanol–water partition coefficient (Wildman–Crippen LogP) is 3.79. The van der Waals surface area contributed by atoms with Crippen LogP contribution >= 0.6 is 0 Å². The van der Waals surface area contributed by atoms with Gasteiger partial charge in [-0.2, -0.15) is 0 Å². The molecule has 0 atom stereocenters. The number of benzene rings is 2. The van der Waals surface area contributed by atoms with Crippen LogP contribution in [0, 0.1) is 5.82 Å². The van der Waals surface area contributed by atoms with Crippen molar-refractivity contribution in [2.24, 2.45) is 7.05 Å². The van der Waals surface area contributed by atoms with Gasteiger partial charge in [0.15, 0.2) is 5.75 Å². The Morgan fingerprint density at radius 1 is 1.17 bits per heavy atom. The summed E-state index contributed by atoms with van der Waals surface area (Å²) < 4.78 is 14.9. The summed E-state index contributed by atoms with van der Waals surface area (Å²) in [6, 6.07) is 8.15. The van der Waals surface area contributed by atoms with Gasteiger partial charge in [-0.3, -0.25) is 9.78 Å². The first kappa shape index (κ1) is 23.1. The molecule has 2 aromatic carbocycles. The van der Waals surface area contributed by atoms with Crippen LogP contribution in [0.25, 0.3) is 21.7 Å². The monoisotopic (exact) mass is 477 g/mol. The number of phenols is 1. The van der Waals surface area contributed by atoms with E-state index in [4.69, 9.17) is 0 Å². The van der Waals surface area contributed by atoms with Crippen molar-refractivity contribution in [3.05, 3.63) is 65.2 Å². The Balaban J connectivity index is 1.73. The number of hydrogen-bond acceptors (Lipinski definition) is 5. The normalized spacial score (nSPS) is 15.0. The lowest BCUT2D eigenvalue weighted by Gasteiger charge is -2.28. The Kier molecular flexibility index (Phi) is 5.25. The molecule has 2 aromatic heterocycles. The van der Waals surface area contributed by atoms with E-state index >= 15 is 0 Å². The minimum absolute atomic E-state index is 0.107. The molecule has 0 bridgehead atoms. The number of aryl methyl sites for hydroxylation is 1. The van der Waals surface area contributed by atoms with E-state index in [1.807, 2.05) is 6.07 Å². The summed E-state index contributed by atoms with van der Waals surface area (Å²) in [5.41, 5.74) is 1.08. The van der Waals surface area contributed by atoms with Gasteiger partial charge in [-0.05, 0) is 68.0 Å². The summed E-state index contributed by atoms with van der Waals surface area (Å²) in [6.45, 7) is 3.29. The van der Waals surface area contributed by atoms with E-state index < -0.39 is 11.0 Å². The minimum atomic E-state index is -0.874. The molecule has 0 unspecified atom stereocenters. The number of phenolic OH excluding ortho intramolecular Hbond substituents is 1. The molecule has 8 heteroatoms. The highest BCUT2D eigenvalue weighted by atomic mass is 19.1. The standard InChI is InChI=1S/C27H28FN3O4/c1-26(2,14-32)30-25(35)27(8-9-27)21-18-11-16(10-15-4-6-17(28)7-5-15)12-29-22(18)23(33)20-19(21)13-31(3)24(20)34/h4-7,11-13,32-34H,8-10,14H2,1-3H3,(H,30,35). The summed E-state index contributed by atoms with van der Waals surface area (Å²) >= 11 is 0. The third-order valence-corrected chi connectivity index (χ3v) is 6.93. The molecular weight excluding hydrogens is 449 g/mol. The van der Waals surface area contributed by atoms with Crippen molar-refractivity contribution in [2.45, 2.75) is 44.1 Å². The second kappa shape index (κ2) is 7.95. The lowest BCUT2D eigenvalue weighted by Crippen LogP contribution is -2.50. The highest BCUT2D eigenvalue weighted by Crippen LogP contribution is 2.56. The molecule has 182 valence electrons. The van der Waals surface area contributed by atoms with E-state index in [0.717, 1.165) is 11.1 Å². The molecule has 0 aliphatic heterocycles. The summed E-state index contributed by atoms with van der Waals surface area (Å²) in [5, 5.41) is 35.9. The van der Waals surface area contributed by atoms with Crippen molar-refractivity contribution in [3.63, 3.8) is 0 Å². The zero-order chi connectivity index (χ0) is 25.1. The maximum absolute atomic E-state index is 13.6. The van der Waals surface area contributed by atoms with Crippen molar-refractivity contribution in [2.75, 3.05) is 6.61 Å². The number of nitrogens with one attached hydrogen (secondary N) is 1. The topological polar surface area (TPSA) is 108 Å². The van der Waals surface area contributed by atoms with Gasteiger partial charge in [0.05, 0.1) is 22.9 Å². The first-order valence-corrected chi connectivity index (χ1v) is 11.6. The molecular formula is C27H28FN3O4. The lowest BCUT2D eigenvalue weighted by atomic mass is 9.86. The zero-order valence-electron chi connectivity index (χ0n) is 19.9. The fourth-order valence-corrected chi connectivity index (χ4v) is 4.82. The molecule has 0 radical (unpaired) electrons. The van der Waals surface area contributed by atoms with Gasteiger partial charge >= 0.3 is 0 Å². The summed E-state index contributed by atoms with van der Waals surface area (Å²) in [7, 11) is 1.67. The third kappa shape index (κ3) is 3.78. The maximum Gasteiger partial charge on any atom is 0.231 e. The van der Waals surface area contributed by atoms with E-state index in [2.05, 4.69) is 10.3 Å². The van der Waals surface area contributed by atoms with E-state index in [1.165, 1.54) is 16.7 Å². The van der Waals surface area contributed by atoms with Crippen molar-refractivity contribution in [3.8, 4) is 11.6 Å². The highest BCUT2D eigenvalue weighted by Gasteiger charge is 2.54. The SMILES string of the molecule is Cn1cc2c(C3(C(=O)NC(C)(C)CO)CC3)c3cc(Cc4ccc(F)cc4)cnc3c(O)c2c1O. The number of fused-ring (bicyclic) bond motifs is 2. The molecule has 1 saturated carbocycles. The van der Waals surface area contributed by atoms with Crippen LogP contribution in [0.15, 0.2) is 42.7 Å². The lowest BCUT2D eigenvalue weighted by molar-refractivity contribution is -0.125. The van der Waals surface area contributed by atoms with Gasteiger partial charge in [-0.1, -0.05) is 12.1 Å². The van der Waals surface area contributed by atoms with Gasteiger partial charge in [-0.15, -0.1) is 0 Å². The number of nitrogens with zero attached hydrogens (tertiary/aromatic N) is 2. The fraction of sp³-hybridized carbons (Fsp3) is 0.333. The van der Waals surface area contributed by atoms with E-state index in [-0.39, 0.29) is 35.3 Å². The zero-order valence-corrected chi connectivity index (χ0v) is 19.9. The van der Waals surface area contributed by atoms with Crippen LogP contribution < -0.4 is 5.32 Å². The van der Waals surface area contributed by atoms with Crippen molar-refractivity contribution in [1.82, 2.24) is 14.9 Å². The quantitative estimate of drug-likeness (QED) is 0.338. The number of aromatic nitrogens is 2. The molecule has 1 amide bonds. The second-order valence-electron chi connectivity index (χ2n) is 10.2. The number of carbonyl (C=O) groups is 1. The van der Waals surface area contributed by atoms with E-state index in [0.29, 0.717) is 41.1 Å². The maximum atomic E-state index is 13.6. The Bertz CT molecular complexity index is 1470. The summed E-state index contributed by atoms with van der Waals surface area (Å²) in [6.07, 6.45) is 5.05. The molecule has 1 aliphatic rings. The number of aliphatic hydroxyl groups is 1. The Morgan fingerprint density at radius 2 is 1.86 bits per heavy atom. The third-order valence-electron chi connectivity index (χ3n) is 6.93. The van der Waals surface area contributed by atoms with Gasteiger partial charge in [0.2, 0.25) is 11.8 Å². The summed E-state index contributed by atoms with van der Waals surface area (Å²) in [5.74, 6) is -0.768. The molecule has 5 rings (SSSR count). The van der Waals surface area contributed by atoms with Crippen molar-refractivity contribution < 1.29 is 24.5 Å². The molecule has 4 N–H and O–H groups in total. The van der Waals surface area contributed by atoms with Crippen LogP contribution in [0.3, 0.4) is 0 Å². The smallest absolute Gasteiger partial charge is 0.231 e. The number of aromatic hydroxyl groups is 2. The molecule has 1 fully saturated rings. The van der Waals surface area contributed by atoms with Crippen LogP contribution in [0.5, 0.6) is 11.6 Å². The van der Waals surface area contributed by atoms with E-state index in [9.17, 15) is 24.5 Å². The Labute approximate surface area is 201 Å². The number of aliphatic hydroxyl groups excluding tert-OH is 1. The number of halogens is 1. The minimum Gasteiger partial charge on any atom is -0.505 e.